The van der Waals surface area contributed by atoms with Crippen molar-refractivity contribution in [3.63, 3.8) is 0 Å². The average molecular weight is 427 g/mol. The van der Waals surface area contributed by atoms with Gasteiger partial charge in [-0.25, -0.2) is 0 Å². The van der Waals surface area contributed by atoms with E-state index in [2.05, 4.69) is 43.6 Å². The maximum absolute atomic E-state index is 12.4. The summed E-state index contributed by atoms with van der Waals surface area (Å²) < 4.78 is 2.90. The summed E-state index contributed by atoms with van der Waals surface area (Å²) in [5.41, 5.74) is 2.18. The maximum Gasteiger partial charge on any atom is 0.246 e. The summed E-state index contributed by atoms with van der Waals surface area (Å²) in [6, 6.07) is 18.1. The number of anilines is 1. The van der Waals surface area contributed by atoms with E-state index in [-0.39, 0.29) is 12.5 Å². The van der Waals surface area contributed by atoms with Gasteiger partial charge < -0.3 is 4.57 Å². The van der Waals surface area contributed by atoms with E-state index < -0.39 is 0 Å². The summed E-state index contributed by atoms with van der Waals surface area (Å²) in [7, 11) is 0. The number of aromatic nitrogens is 3. The van der Waals surface area contributed by atoms with Gasteiger partial charge in [0.05, 0.1) is 0 Å². The number of nitrogens with one attached hydrogen (secondary N) is 1. The zero-order valence-electron chi connectivity index (χ0n) is 13.7. The third kappa shape index (κ3) is 3.84. The van der Waals surface area contributed by atoms with Crippen LogP contribution < -0.4 is 5.32 Å². The number of carbonyl (C=O) groups is 1. The van der Waals surface area contributed by atoms with Crippen molar-refractivity contribution in [3.8, 4) is 0 Å². The SMILES string of the molecule is O=C(Cn1ccc2ccc(Br)cc21)Nc1nnc(Cc2ccccc2)s1. The van der Waals surface area contributed by atoms with Gasteiger partial charge in [-0.05, 0) is 29.1 Å². The molecule has 0 unspecified atom stereocenters. The van der Waals surface area contributed by atoms with Gasteiger partial charge in [-0.1, -0.05) is 63.7 Å². The van der Waals surface area contributed by atoms with Crippen LogP contribution in [0.5, 0.6) is 0 Å². The highest BCUT2D eigenvalue weighted by Crippen LogP contribution is 2.22. The number of amides is 1. The number of nitrogens with zero attached hydrogens (tertiary/aromatic N) is 3. The smallest absolute Gasteiger partial charge is 0.246 e. The zero-order valence-corrected chi connectivity index (χ0v) is 16.1. The van der Waals surface area contributed by atoms with Crippen LogP contribution in [0.15, 0.2) is 65.3 Å². The minimum absolute atomic E-state index is 0.120. The Morgan fingerprint density at radius 3 is 2.81 bits per heavy atom. The Labute approximate surface area is 162 Å². The molecule has 0 aliphatic carbocycles. The molecule has 2 aromatic heterocycles. The third-order valence-corrected chi connectivity index (χ3v) is 5.29. The van der Waals surface area contributed by atoms with Crippen molar-refractivity contribution >= 4 is 49.2 Å². The van der Waals surface area contributed by atoms with E-state index in [0.29, 0.717) is 11.6 Å². The Hall–Kier alpha value is -2.51. The van der Waals surface area contributed by atoms with E-state index in [1.165, 1.54) is 16.9 Å². The Kier molecular flexibility index (Phi) is 4.81. The van der Waals surface area contributed by atoms with E-state index >= 15 is 0 Å². The van der Waals surface area contributed by atoms with E-state index in [1.54, 1.807) is 0 Å². The van der Waals surface area contributed by atoms with Crippen molar-refractivity contribution in [2.75, 3.05) is 5.32 Å². The van der Waals surface area contributed by atoms with Crippen LogP contribution in [0, 0.1) is 0 Å². The van der Waals surface area contributed by atoms with Crippen LogP contribution in [0.4, 0.5) is 5.13 Å². The van der Waals surface area contributed by atoms with Gasteiger partial charge in [0.2, 0.25) is 11.0 Å². The zero-order chi connectivity index (χ0) is 17.9. The summed E-state index contributed by atoms with van der Waals surface area (Å²) >= 11 is 4.87. The van der Waals surface area contributed by atoms with E-state index in [0.717, 1.165) is 20.4 Å². The second-order valence-electron chi connectivity index (χ2n) is 5.86. The molecule has 0 spiro atoms. The normalized spacial score (nSPS) is 11.0. The largest absolute Gasteiger partial charge is 0.338 e. The molecule has 4 aromatic rings. The number of carbonyl (C=O) groups excluding carboxylic acids is 1. The number of hydrogen-bond donors (Lipinski definition) is 1. The molecule has 0 saturated carbocycles. The molecule has 0 bridgehead atoms. The van der Waals surface area contributed by atoms with E-state index in [9.17, 15) is 4.79 Å². The molecule has 1 amide bonds. The number of hydrogen-bond acceptors (Lipinski definition) is 4. The minimum Gasteiger partial charge on any atom is -0.338 e. The molecule has 7 heteroatoms. The molecule has 2 aromatic carbocycles. The molecule has 0 fully saturated rings. The first-order chi connectivity index (χ1) is 12.7. The highest BCUT2D eigenvalue weighted by molar-refractivity contribution is 9.10. The van der Waals surface area contributed by atoms with Gasteiger partial charge in [0.15, 0.2) is 0 Å². The Balaban J connectivity index is 1.42. The Morgan fingerprint density at radius 2 is 1.96 bits per heavy atom. The van der Waals surface area contributed by atoms with Gasteiger partial charge in [-0.15, -0.1) is 10.2 Å². The number of rotatable bonds is 5. The van der Waals surface area contributed by atoms with Gasteiger partial charge in [0.25, 0.3) is 0 Å². The monoisotopic (exact) mass is 426 g/mol. The second-order valence-corrected chi connectivity index (χ2v) is 7.84. The molecule has 0 atom stereocenters. The third-order valence-electron chi connectivity index (χ3n) is 3.96. The van der Waals surface area contributed by atoms with Crippen LogP contribution in [0.1, 0.15) is 10.6 Å². The molecular formula is C19H15BrN4OS. The Morgan fingerprint density at radius 1 is 1.12 bits per heavy atom. The molecule has 0 saturated heterocycles. The summed E-state index contributed by atoms with van der Waals surface area (Å²) in [5.74, 6) is -0.120. The van der Waals surface area contributed by atoms with Crippen molar-refractivity contribution < 1.29 is 4.79 Å². The van der Waals surface area contributed by atoms with Crippen molar-refractivity contribution in [2.45, 2.75) is 13.0 Å². The van der Waals surface area contributed by atoms with Crippen molar-refractivity contribution in [1.29, 1.82) is 0 Å². The van der Waals surface area contributed by atoms with E-state index in [1.807, 2.05) is 53.2 Å². The summed E-state index contributed by atoms with van der Waals surface area (Å²) in [5, 5.41) is 13.6. The van der Waals surface area contributed by atoms with Crippen LogP contribution in [-0.2, 0) is 17.8 Å². The van der Waals surface area contributed by atoms with Crippen molar-refractivity contribution in [1.82, 2.24) is 14.8 Å². The first-order valence-electron chi connectivity index (χ1n) is 8.08. The van der Waals surface area contributed by atoms with Crippen LogP contribution in [0.2, 0.25) is 0 Å². The van der Waals surface area contributed by atoms with Crippen LogP contribution >= 0.6 is 27.3 Å². The summed E-state index contributed by atoms with van der Waals surface area (Å²) in [6.45, 7) is 0.230. The van der Waals surface area contributed by atoms with Gasteiger partial charge in [0.1, 0.15) is 11.6 Å². The predicted octanol–water partition coefficient (Wildman–Crippen LogP) is 4.48. The highest BCUT2D eigenvalue weighted by atomic mass is 79.9. The first kappa shape index (κ1) is 16.9. The summed E-state index contributed by atoms with van der Waals surface area (Å²) in [4.78, 5) is 12.4. The highest BCUT2D eigenvalue weighted by Gasteiger charge is 2.11. The predicted molar refractivity (Wildman–Crippen MR) is 107 cm³/mol. The molecule has 2 heterocycles. The number of fused-ring (bicyclic) bond motifs is 1. The quantitative estimate of drug-likeness (QED) is 0.511. The lowest BCUT2D eigenvalue weighted by Crippen LogP contribution is -2.18. The molecule has 5 nitrogen and oxygen atoms in total. The minimum atomic E-state index is -0.120. The lowest BCUT2D eigenvalue weighted by Gasteiger charge is -2.05. The fourth-order valence-electron chi connectivity index (χ4n) is 2.75. The van der Waals surface area contributed by atoms with Gasteiger partial charge in [-0.3, -0.25) is 10.1 Å². The Bertz CT molecular complexity index is 1060. The van der Waals surface area contributed by atoms with Crippen LogP contribution in [0.25, 0.3) is 10.9 Å². The standard InChI is InChI=1S/C19H15BrN4OS/c20-15-7-6-14-8-9-24(16(14)11-15)12-17(25)21-19-23-22-18(26-19)10-13-4-2-1-3-5-13/h1-9,11H,10,12H2,(H,21,23,25). The molecule has 130 valence electrons. The van der Waals surface area contributed by atoms with Crippen molar-refractivity contribution in [2.24, 2.45) is 0 Å². The second kappa shape index (κ2) is 7.39. The maximum atomic E-state index is 12.4. The molecule has 26 heavy (non-hydrogen) atoms. The number of benzene rings is 2. The van der Waals surface area contributed by atoms with Crippen molar-refractivity contribution in [3.05, 3.63) is 75.8 Å². The number of halogens is 1. The van der Waals surface area contributed by atoms with E-state index in [4.69, 9.17) is 0 Å². The molecule has 1 N–H and O–H groups in total. The average Bonchev–Trinajstić information content (AvgIpc) is 3.23. The van der Waals surface area contributed by atoms with Gasteiger partial charge >= 0.3 is 0 Å². The molecular weight excluding hydrogens is 412 g/mol. The first-order valence-corrected chi connectivity index (χ1v) is 9.69. The van der Waals surface area contributed by atoms with Crippen LogP contribution in [0.3, 0.4) is 0 Å². The molecule has 0 aliphatic rings. The molecule has 0 aliphatic heterocycles. The lowest BCUT2D eigenvalue weighted by atomic mass is 10.2. The lowest BCUT2D eigenvalue weighted by molar-refractivity contribution is -0.116. The van der Waals surface area contributed by atoms with Crippen LogP contribution in [-0.4, -0.2) is 20.7 Å². The fraction of sp³-hybridized carbons (Fsp3) is 0.105. The molecule has 4 rings (SSSR count). The molecule has 0 radical (unpaired) electrons. The summed E-state index contributed by atoms with van der Waals surface area (Å²) in [6.07, 6.45) is 2.63. The fourth-order valence-corrected chi connectivity index (χ4v) is 3.89. The van der Waals surface area contributed by atoms with Gasteiger partial charge in [0, 0.05) is 22.6 Å². The topological polar surface area (TPSA) is 59.8 Å². The van der Waals surface area contributed by atoms with Gasteiger partial charge in [-0.2, -0.15) is 0 Å².